The maximum absolute atomic E-state index is 13.0. The Morgan fingerprint density at radius 3 is 2.56 bits per heavy atom. The first-order chi connectivity index (χ1) is 16.7. The first-order valence-corrected chi connectivity index (χ1v) is 13.4. The Morgan fingerprint density at radius 1 is 0.941 bits per heavy atom. The van der Waals surface area contributed by atoms with Gasteiger partial charge in [-0.1, -0.05) is 48.9 Å². The molecule has 1 atom stereocenters. The number of amides is 1. The molecule has 1 amide bonds. The van der Waals surface area contributed by atoms with Crippen molar-refractivity contribution in [1.29, 1.82) is 0 Å². The summed E-state index contributed by atoms with van der Waals surface area (Å²) in [5.41, 5.74) is 5.14. The number of rotatable bonds is 10. The maximum atomic E-state index is 13.0. The summed E-state index contributed by atoms with van der Waals surface area (Å²) in [6.07, 6.45) is 8.77. The van der Waals surface area contributed by atoms with Crippen LogP contribution >= 0.6 is 0 Å². The predicted octanol–water partition coefficient (Wildman–Crippen LogP) is 4.60. The van der Waals surface area contributed by atoms with Crippen LogP contribution in [0.2, 0.25) is 0 Å². The highest BCUT2D eigenvalue weighted by Gasteiger charge is 2.27. The van der Waals surface area contributed by atoms with Crippen LogP contribution in [0.5, 0.6) is 0 Å². The van der Waals surface area contributed by atoms with E-state index in [0.29, 0.717) is 6.54 Å². The lowest BCUT2D eigenvalue weighted by Crippen LogP contribution is -2.37. The molecule has 2 heterocycles. The molecule has 0 spiro atoms. The van der Waals surface area contributed by atoms with E-state index in [0.717, 1.165) is 44.1 Å². The van der Waals surface area contributed by atoms with Crippen LogP contribution in [0.3, 0.4) is 0 Å². The van der Waals surface area contributed by atoms with E-state index in [9.17, 15) is 4.79 Å². The third-order valence-corrected chi connectivity index (χ3v) is 7.72. The largest absolute Gasteiger partial charge is 0.376 e. The number of carbonyl (C=O) groups excluding carboxylic acids is 1. The fourth-order valence-electron chi connectivity index (χ4n) is 5.58. The number of carbonyl (C=O) groups is 1. The summed E-state index contributed by atoms with van der Waals surface area (Å²) in [6.45, 7) is 7.15. The van der Waals surface area contributed by atoms with Gasteiger partial charge in [-0.15, -0.1) is 0 Å². The van der Waals surface area contributed by atoms with Crippen molar-refractivity contribution in [3.8, 4) is 0 Å². The molecule has 3 aliphatic rings. The number of likely N-dealkylation sites (tertiary alicyclic amines) is 1. The van der Waals surface area contributed by atoms with Gasteiger partial charge in [0.2, 0.25) is 5.91 Å². The van der Waals surface area contributed by atoms with Crippen LogP contribution in [0, 0.1) is 5.92 Å². The Kier molecular flexibility index (Phi) is 7.82. The van der Waals surface area contributed by atoms with Crippen LogP contribution in [0.1, 0.15) is 61.3 Å². The highest BCUT2D eigenvalue weighted by Crippen LogP contribution is 2.32. The van der Waals surface area contributed by atoms with Gasteiger partial charge < -0.3 is 15.5 Å². The first kappa shape index (κ1) is 23.4. The Balaban J connectivity index is 1.17. The van der Waals surface area contributed by atoms with Gasteiger partial charge in [-0.2, -0.15) is 0 Å². The summed E-state index contributed by atoms with van der Waals surface area (Å²) >= 11 is 0. The fourth-order valence-corrected chi connectivity index (χ4v) is 5.58. The SMILES string of the molecule is O=C(CNc1cccc2c1CCN(CC1CC1)C2)NC(CCN1CCCCC1)c1ccccc1. The van der Waals surface area contributed by atoms with Gasteiger partial charge in [0.05, 0.1) is 12.6 Å². The lowest BCUT2D eigenvalue weighted by molar-refractivity contribution is -0.120. The van der Waals surface area contributed by atoms with Crippen LogP contribution < -0.4 is 10.6 Å². The highest BCUT2D eigenvalue weighted by atomic mass is 16.2. The molecule has 2 aromatic rings. The molecule has 2 aromatic carbocycles. The number of piperidine rings is 1. The average Bonchev–Trinajstić information content (AvgIpc) is 3.70. The molecule has 5 heteroatoms. The van der Waals surface area contributed by atoms with Crippen molar-refractivity contribution in [2.75, 3.05) is 44.6 Å². The summed E-state index contributed by atoms with van der Waals surface area (Å²) in [5, 5.41) is 6.78. The number of nitrogens with zero attached hydrogens (tertiary/aromatic N) is 2. The fraction of sp³-hybridized carbons (Fsp3) is 0.552. The third kappa shape index (κ3) is 6.39. The van der Waals surface area contributed by atoms with E-state index < -0.39 is 0 Å². The molecule has 2 fully saturated rings. The molecule has 5 nitrogen and oxygen atoms in total. The van der Waals surface area contributed by atoms with E-state index in [1.54, 1.807) is 0 Å². The molecule has 2 aliphatic heterocycles. The van der Waals surface area contributed by atoms with Gasteiger partial charge in [0.15, 0.2) is 0 Å². The quantitative estimate of drug-likeness (QED) is 0.544. The van der Waals surface area contributed by atoms with E-state index in [1.807, 2.05) is 6.07 Å². The topological polar surface area (TPSA) is 47.6 Å². The summed E-state index contributed by atoms with van der Waals surface area (Å²) in [7, 11) is 0. The molecule has 1 saturated carbocycles. The number of benzene rings is 2. The Hall–Kier alpha value is -2.37. The molecule has 0 radical (unpaired) electrons. The Bertz CT molecular complexity index is 936. The minimum atomic E-state index is 0.0538. The van der Waals surface area contributed by atoms with Crippen molar-refractivity contribution < 1.29 is 4.79 Å². The number of nitrogens with one attached hydrogen (secondary N) is 2. The number of hydrogen-bond donors (Lipinski definition) is 2. The zero-order chi connectivity index (χ0) is 23.2. The third-order valence-electron chi connectivity index (χ3n) is 7.72. The zero-order valence-electron chi connectivity index (χ0n) is 20.5. The molecular weight excluding hydrogens is 420 g/mol. The molecule has 1 saturated heterocycles. The van der Waals surface area contributed by atoms with Gasteiger partial charge in [-0.3, -0.25) is 9.69 Å². The normalized spacial score (nSPS) is 19.9. The molecule has 2 N–H and O–H groups in total. The monoisotopic (exact) mass is 460 g/mol. The molecule has 182 valence electrons. The van der Waals surface area contributed by atoms with E-state index >= 15 is 0 Å². The molecule has 1 aliphatic carbocycles. The summed E-state index contributed by atoms with van der Waals surface area (Å²) in [4.78, 5) is 18.2. The van der Waals surface area contributed by atoms with E-state index in [1.165, 1.54) is 68.4 Å². The minimum Gasteiger partial charge on any atom is -0.376 e. The van der Waals surface area contributed by atoms with Crippen LogP contribution in [0.25, 0.3) is 0 Å². The molecule has 0 aromatic heterocycles. The predicted molar refractivity (Wildman–Crippen MR) is 139 cm³/mol. The summed E-state index contributed by atoms with van der Waals surface area (Å²) < 4.78 is 0. The second-order valence-electron chi connectivity index (χ2n) is 10.4. The van der Waals surface area contributed by atoms with Crippen LogP contribution in [0.15, 0.2) is 48.5 Å². The first-order valence-electron chi connectivity index (χ1n) is 13.4. The molecule has 5 rings (SSSR count). The molecule has 1 unspecified atom stereocenters. The van der Waals surface area contributed by atoms with E-state index in [2.05, 4.69) is 62.9 Å². The van der Waals surface area contributed by atoms with E-state index in [4.69, 9.17) is 0 Å². The number of anilines is 1. The Labute approximate surface area is 204 Å². The van der Waals surface area contributed by atoms with Crippen LogP contribution in [-0.4, -0.2) is 55.0 Å². The van der Waals surface area contributed by atoms with Crippen molar-refractivity contribution in [3.63, 3.8) is 0 Å². The molecule has 0 bridgehead atoms. The Morgan fingerprint density at radius 2 is 1.76 bits per heavy atom. The number of hydrogen-bond acceptors (Lipinski definition) is 4. The van der Waals surface area contributed by atoms with Gasteiger partial charge in [0, 0.05) is 31.9 Å². The maximum Gasteiger partial charge on any atom is 0.239 e. The average molecular weight is 461 g/mol. The van der Waals surface area contributed by atoms with Crippen molar-refractivity contribution in [1.82, 2.24) is 15.1 Å². The van der Waals surface area contributed by atoms with Gasteiger partial charge in [0.1, 0.15) is 0 Å². The van der Waals surface area contributed by atoms with Crippen molar-refractivity contribution in [2.24, 2.45) is 5.92 Å². The number of fused-ring (bicyclic) bond motifs is 1. The smallest absolute Gasteiger partial charge is 0.239 e. The van der Waals surface area contributed by atoms with E-state index in [-0.39, 0.29) is 11.9 Å². The standard InChI is InChI=1S/C29H40N4O/c34-29(31-27(24-8-3-1-4-9-24)15-19-32-16-5-2-6-17-32)20-30-28-11-7-10-25-22-33(18-14-26(25)28)21-23-12-13-23/h1,3-4,7-11,23,27,30H,2,5-6,12-22H2,(H,31,34). The van der Waals surface area contributed by atoms with Crippen molar-refractivity contribution >= 4 is 11.6 Å². The van der Waals surface area contributed by atoms with Crippen LogP contribution in [0.4, 0.5) is 5.69 Å². The molecule has 34 heavy (non-hydrogen) atoms. The second-order valence-corrected chi connectivity index (χ2v) is 10.4. The minimum absolute atomic E-state index is 0.0538. The molecular formula is C29H40N4O. The van der Waals surface area contributed by atoms with Crippen LogP contribution in [-0.2, 0) is 17.8 Å². The van der Waals surface area contributed by atoms with Crippen molar-refractivity contribution in [3.05, 3.63) is 65.2 Å². The van der Waals surface area contributed by atoms with Crippen molar-refractivity contribution in [2.45, 2.75) is 57.5 Å². The second kappa shape index (κ2) is 11.4. The summed E-state index contributed by atoms with van der Waals surface area (Å²) in [6, 6.07) is 17.0. The van der Waals surface area contributed by atoms with Gasteiger partial charge in [0.25, 0.3) is 0 Å². The highest BCUT2D eigenvalue weighted by molar-refractivity contribution is 5.81. The van der Waals surface area contributed by atoms with Gasteiger partial charge in [-0.05, 0) is 80.3 Å². The summed E-state index contributed by atoms with van der Waals surface area (Å²) in [5.74, 6) is 0.996. The lowest BCUT2D eigenvalue weighted by atomic mass is 9.97. The zero-order valence-corrected chi connectivity index (χ0v) is 20.5. The lowest BCUT2D eigenvalue weighted by Gasteiger charge is -2.30. The van der Waals surface area contributed by atoms with Gasteiger partial charge >= 0.3 is 0 Å². The van der Waals surface area contributed by atoms with Gasteiger partial charge in [-0.25, -0.2) is 0 Å².